The first-order chi connectivity index (χ1) is 7.68. The molecule has 0 aliphatic heterocycles. The van der Waals surface area contributed by atoms with Gasteiger partial charge in [-0.1, -0.05) is 11.6 Å². The van der Waals surface area contributed by atoms with Crippen LogP contribution in [0.3, 0.4) is 0 Å². The number of hydrogen-bond donors (Lipinski definition) is 2. The van der Waals surface area contributed by atoms with E-state index in [9.17, 15) is 4.79 Å². The minimum Gasteiger partial charge on any atom is -0.353 e. The van der Waals surface area contributed by atoms with E-state index in [1.165, 1.54) is 25.7 Å². The van der Waals surface area contributed by atoms with Gasteiger partial charge in [-0.3, -0.25) is 4.79 Å². The van der Waals surface area contributed by atoms with Crippen molar-refractivity contribution in [3.05, 3.63) is 11.6 Å². The Hall–Kier alpha value is -0.830. The Morgan fingerprint density at radius 3 is 2.88 bits per heavy atom. The zero-order chi connectivity index (χ0) is 11.8. The minimum absolute atomic E-state index is 0.0904. The van der Waals surface area contributed by atoms with Gasteiger partial charge < -0.3 is 10.6 Å². The fraction of sp³-hybridized carbons (Fsp3) is 0.769. The van der Waals surface area contributed by atoms with Crippen LogP contribution in [0.1, 0.15) is 46.0 Å². The average molecular weight is 224 g/mol. The predicted octanol–water partition coefficient (Wildman–Crippen LogP) is 1.99. The third-order valence-corrected chi connectivity index (χ3v) is 2.74. The van der Waals surface area contributed by atoms with Crippen LogP contribution < -0.4 is 10.6 Å². The molecule has 0 saturated heterocycles. The third kappa shape index (κ3) is 5.91. The molecule has 0 saturated carbocycles. The molecule has 0 bridgehead atoms. The molecule has 3 heteroatoms. The first-order valence-electron chi connectivity index (χ1n) is 6.36. The largest absolute Gasteiger partial charge is 0.353 e. The first kappa shape index (κ1) is 13.2. The lowest BCUT2D eigenvalue weighted by molar-refractivity contribution is -0.120. The molecule has 0 radical (unpaired) electrons. The fourth-order valence-electron chi connectivity index (χ4n) is 1.96. The lowest BCUT2D eigenvalue weighted by Crippen LogP contribution is -2.38. The van der Waals surface area contributed by atoms with Gasteiger partial charge in [0.05, 0.1) is 6.54 Å². The van der Waals surface area contributed by atoms with Crippen LogP contribution in [0.5, 0.6) is 0 Å². The molecule has 1 rings (SSSR count). The maximum Gasteiger partial charge on any atom is 0.234 e. The van der Waals surface area contributed by atoms with Gasteiger partial charge in [-0.25, -0.2) is 0 Å². The smallest absolute Gasteiger partial charge is 0.234 e. The number of amides is 1. The zero-order valence-corrected chi connectivity index (χ0v) is 10.5. The molecule has 1 aliphatic rings. The van der Waals surface area contributed by atoms with Crippen molar-refractivity contribution in [3.8, 4) is 0 Å². The summed E-state index contributed by atoms with van der Waals surface area (Å²) in [7, 11) is 0. The Kier molecular flexibility index (Phi) is 6.16. The molecule has 92 valence electrons. The van der Waals surface area contributed by atoms with Crippen LogP contribution in [-0.4, -0.2) is 25.0 Å². The summed E-state index contributed by atoms with van der Waals surface area (Å²) >= 11 is 0. The van der Waals surface area contributed by atoms with E-state index in [4.69, 9.17) is 0 Å². The van der Waals surface area contributed by atoms with Crippen LogP contribution in [0.25, 0.3) is 0 Å². The Bertz CT molecular complexity index is 246. The molecule has 0 aromatic carbocycles. The van der Waals surface area contributed by atoms with E-state index in [1.807, 2.05) is 13.8 Å². The maximum atomic E-state index is 11.3. The summed E-state index contributed by atoms with van der Waals surface area (Å²) in [5.41, 5.74) is 1.56. The predicted molar refractivity (Wildman–Crippen MR) is 67.3 cm³/mol. The Morgan fingerprint density at radius 2 is 2.25 bits per heavy atom. The number of nitrogens with one attached hydrogen (secondary N) is 2. The van der Waals surface area contributed by atoms with Crippen molar-refractivity contribution >= 4 is 5.91 Å². The van der Waals surface area contributed by atoms with Crippen molar-refractivity contribution in [2.45, 2.75) is 52.0 Å². The van der Waals surface area contributed by atoms with Gasteiger partial charge >= 0.3 is 0 Å². The quantitative estimate of drug-likeness (QED) is 0.535. The van der Waals surface area contributed by atoms with Crippen molar-refractivity contribution in [1.29, 1.82) is 0 Å². The van der Waals surface area contributed by atoms with Crippen molar-refractivity contribution in [1.82, 2.24) is 10.6 Å². The number of hydrogen-bond acceptors (Lipinski definition) is 2. The molecule has 2 N–H and O–H groups in total. The monoisotopic (exact) mass is 224 g/mol. The summed E-state index contributed by atoms with van der Waals surface area (Å²) in [6.07, 6.45) is 8.62. The maximum absolute atomic E-state index is 11.3. The summed E-state index contributed by atoms with van der Waals surface area (Å²) in [6, 6.07) is 0.232. The molecule has 0 unspecified atom stereocenters. The number of carbonyl (C=O) groups excluding carboxylic acids is 1. The molecular formula is C13H24N2O. The van der Waals surface area contributed by atoms with E-state index >= 15 is 0 Å². The topological polar surface area (TPSA) is 41.1 Å². The highest BCUT2D eigenvalue weighted by atomic mass is 16.1. The fourth-order valence-corrected chi connectivity index (χ4v) is 1.96. The van der Waals surface area contributed by atoms with E-state index < -0.39 is 0 Å². The lowest BCUT2D eigenvalue weighted by Gasteiger charge is -2.13. The van der Waals surface area contributed by atoms with Crippen LogP contribution in [0.4, 0.5) is 0 Å². The number of carbonyl (C=O) groups is 1. The SMILES string of the molecule is CC(C)NC(=O)CNCCC1=CCCCC1. The highest BCUT2D eigenvalue weighted by Gasteiger charge is 2.04. The van der Waals surface area contributed by atoms with Gasteiger partial charge in [0, 0.05) is 6.04 Å². The second-order valence-corrected chi connectivity index (χ2v) is 4.76. The van der Waals surface area contributed by atoms with E-state index in [0.29, 0.717) is 6.54 Å². The molecular weight excluding hydrogens is 200 g/mol. The van der Waals surface area contributed by atoms with Crippen LogP contribution >= 0.6 is 0 Å². The summed E-state index contributed by atoms with van der Waals surface area (Å²) in [4.78, 5) is 11.3. The van der Waals surface area contributed by atoms with Gasteiger partial charge in [0.25, 0.3) is 0 Å². The van der Waals surface area contributed by atoms with E-state index in [1.54, 1.807) is 5.57 Å². The van der Waals surface area contributed by atoms with Gasteiger partial charge in [-0.15, -0.1) is 0 Å². The summed E-state index contributed by atoms with van der Waals surface area (Å²) in [6.45, 7) is 5.30. The van der Waals surface area contributed by atoms with Gasteiger partial charge in [0.1, 0.15) is 0 Å². The molecule has 1 amide bonds. The van der Waals surface area contributed by atoms with Crippen LogP contribution in [0.15, 0.2) is 11.6 Å². The van der Waals surface area contributed by atoms with Crippen LogP contribution in [0.2, 0.25) is 0 Å². The standard InChI is InChI=1S/C13H24N2O/c1-11(2)15-13(16)10-14-9-8-12-6-4-3-5-7-12/h6,11,14H,3-5,7-10H2,1-2H3,(H,15,16). The number of allylic oxidation sites excluding steroid dienone is 1. The second-order valence-electron chi connectivity index (χ2n) is 4.76. The highest BCUT2D eigenvalue weighted by molar-refractivity contribution is 5.78. The molecule has 1 aliphatic carbocycles. The average Bonchev–Trinajstić information content (AvgIpc) is 2.25. The Labute approximate surface area is 98.7 Å². The third-order valence-electron chi connectivity index (χ3n) is 2.74. The van der Waals surface area contributed by atoms with Crippen molar-refractivity contribution in [2.24, 2.45) is 0 Å². The van der Waals surface area contributed by atoms with Crippen LogP contribution in [0, 0.1) is 0 Å². The second kappa shape index (κ2) is 7.44. The molecule has 16 heavy (non-hydrogen) atoms. The van der Waals surface area contributed by atoms with Gasteiger partial charge in [0.15, 0.2) is 0 Å². The normalized spacial score (nSPS) is 16.1. The lowest BCUT2D eigenvalue weighted by atomic mass is 9.97. The molecule has 0 aromatic rings. The Morgan fingerprint density at radius 1 is 1.44 bits per heavy atom. The van der Waals surface area contributed by atoms with Crippen molar-refractivity contribution < 1.29 is 4.79 Å². The summed E-state index contributed by atoms with van der Waals surface area (Å²) < 4.78 is 0. The molecule has 0 spiro atoms. The molecule has 0 fully saturated rings. The van der Waals surface area contributed by atoms with Crippen LogP contribution in [-0.2, 0) is 4.79 Å². The van der Waals surface area contributed by atoms with Gasteiger partial charge in [0.2, 0.25) is 5.91 Å². The van der Waals surface area contributed by atoms with Gasteiger partial charge in [-0.2, -0.15) is 0 Å². The van der Waals surface area contributed by atoms with E-state index in [0.717, 1.165) is 13.0 Å². The van der Waals surface area contributed by atoms with Crippen molar-refractivity contribution in [3.63, 3.8) is 0 Å². The highest BCUT2D eigenvalue weighted by Crippen LogP contribution is 2.19. The molecule has 0 aromatic heterocycles. The number of rotatable bonds is 6. The van der Waals surface area contributed by atoms with Crippen molar-refractivity contribution in [2.75, 3.05) is 13.1 Å². The molecule has 0 heterocycles. The Balaban J connectivity index is 2.03. The van der Waals surface area contributed by atoms with Gasteiger partial charge in [-0.05, 0) is 52.5 Å². The summed E-state index contributed by atoms with van der Waals surface area (Å²) in [5.74, 6) is 0.0904. The minimum atomic E-state index is 0.0904. The zero-order valence-electron chi connectivity index (χ0n) is 10.5. The van der Waals surface area contributed by atoms with E-state index in [2.05, 4.69) is 16.7 Å². The molecule has 3 nitrogen and oxygen atoms in total. The molecule has 0 atom stereocenters. The summed E-state index contributed by atoms with van der Waals surface area (Å²) in [5, 5.41) is 6.05. The van der Waals surface area contributed by atoms with E-state index in [-0.39, 0.29) is 11.9 Å². The first-order valence-corrected chi connectivity index (χ1v) is 6.36.